The number of ether oxygens (including phenoxy) is 1. The van der Waals surface area contributed by atoms with Crippen molar-refractivity contribution in [2.24, 2.45) is 0 Å². The second kappa shape index (κ2) is 12.5. The maximum atomic E-state index is 13.7. The van der Waals surface area contributed by atoms with Crippen LogP contribution in [-0.2, 0) is 13.1 Å². The normalized spacial score (nSPS) is 17.4. The molecule has 0 unspecified atom stereocenters. The highest BCUT2D eigenvalue weighted by Gasteiger charge is 2.15. The van der Waals surface area contributed by atoms with E-state index in [1.165, 1.54) is 51.6 Å². The fourth-order valence-electron chi connectivity index (χ4n) is 5.52. The third kappa shape index (κ3) is 6.55. The topological polar surface area (TPSA) is 49.7 Å². The average Bonchev–Trinajstić information content (AvgIpc) is 2.93. The molecule has 5 rings (SSSR count). The fraction of sp³-hybridized carbons (Fsp3) is 0.500. The van der Waals surface area contributed by atoms with Gasteiger partial charge in [0.25, 0.3) is 5.56 Å². The summed E-state index contributed by atoms with van der Waals surface area (Å²) < 4.78 is 8.08. The first-order valence-electron chi connectivity index (χ1n) is 13.8. The number of nitrogens with zero attached hydrogens (tertiary/aromatic N) is 3. The summed E-state index contributed by atoms with van der Waals surface area (Å²) in [5.41, 5.74) is 1.90. The Bertz CT molecular complexity index is 1160. The SMILES string of the molecule is O=c1c(CNCCN2CCCCC2)cc2ccc(Oc3ccccc3)cc2n1CCN1CCCCC1. The van der Waals surface area contributed by atoms with Gasteiger partial charge in [-0.05, 0) is 87.6 Å². The molecule has 0 atom stereocenters. The third-order valence-electron chi connectivity index (χ3n) is 7.58. The van der Waals surface area contributed by atoms with E-state index in [0.717, 1.165) is 60.7 Å². The molecule has 2 saturated heterocycles. The maximum absolute atomic E-state index is 13.7. The molecule has 2 aliphatic rings. The van der Waals surface area contributed by atoms with E-state index in [1.807, 2.05) is 47.0 Å². The van der Waals surface area contributed by atoms with Crippen molar-refractivity contribution in [3.05, 3.63) is 70.5 Å². The summed E-state index contributed by atoms with van der Waals surface area (Å²) >= 11 is 0. The molecule has 36 heavy (non-hydrogen) atoms. The van der Waals surface area contributed by atoms with Crippen molar-refractivity contribution in [1.82, 2.24) is 19.7 Å². The number of hydrogen-bond acceptors (Lipinski definition) is 5. The zero-order valence-corrected chi connectivity index (χ0v) is 21.5. The number of benzene rings is 2. The second-order valence-corrected chi connectivity index (χ2v) is 10.2. The lowest BCUT2D eigenvalue weighted by Gasteiger charge is -2.27. The van der Waals surface area contributed by atoms with Gasteiger partial charge < -0.3 is 24.4 Å². The predicted molar refractivity (Wildman–Crippen MR) is 147 cm³/mol. The molecule has 2 aromatic carbocycles. The van der Waals surface area contributed by atoms with E-state index in [0.29, 0.717) is 13.1 Å². The van der Waals surface area contributed by atoms with E-state index >= 15 is 0 Å². The van der Waals surface area contributed by atoms with Crippen molar-refractivity contribution in [1.29, 1.82) is 0 Å². The Labute approximate surface area is 214 Å². The lowest BCUT2D eigenvalue weighted by molar-refractivity contribution is 0.221. The van der Waals surface area contributed by atoms with Crippen LogP contribution in [0.1, 0.15) is 44.1 Å². The van der Waals surface area contributed by atoms with E-state index in [2.05, 4.69) is 27.2 Å². The average molecular weight is 489 g/mol. The van der Waals surface area contributed by atoms with Crippen molar-refractivity contribution in [2.45, 2.75) is 51.6 Å². The van der Waals surface area contributed by atoms with Crippen LogP contribution in [0, 0.1) is 0 Å². The molecule has 2 fully saturated rings. The Hall–Kier alpha value is -2.67. The quantitative estimate of drug-likeness (QED) is 0.413. The molecule has 0 aliphatic carbocycles. The lowest BCUT2D eigenvalue weighted by atomic mass is 10.1. The van der Waals surface area contributed by atoms with Crippen LogP contribution in [0.5, 0.6) is 11.5 Å². The highest BCUT2D eigenvalue weighted by Crippen LogP contribution is 2.26. The van der Waals surface area contributed by atoms with E-state index in [-0.39, 0.29) is 5.56 Å². The molecular formula is C30H40N4O2. The van der Waals surface area contributed by atoms with Crippen LogP contribution >= 0.6 is 0 Å². The largest absolute Gasteiger partial charge is 0.457 e. The van der Waals surface area contributed by atoms with Crippen LogP contribution < -0.4 is 15.6 Å². The molecule has 1 N–H and O–H groups in total. The minimum atomic E-state index is 0.113. The van der Waals surface area contributed by atoms with Crippen LogP contribution in [0.25, 0.3) is 10.9 Å². The standard InChI is InChI=1S/C30H40N4O2/c35-30-26(24-31-14-19-32-15-6-2-7-16-32)22-25-12-13-28(36-27-10-4-1-5-11-27)23-29(25)34(30)21-20-33-17-8-3-9-18-33/h1,4-5,10-13,22-23,31H,2-3,6-9,14-21,24H2. The molecule has 0 spiro atoms. The molecule has 0 amide bonds. The minimum absolute atomic E-state index is 0.113. The van der Waals surface area contributed by atoms with Gasteiger partial charge in [0, 0.05) is 44.4 Å². The number of para-hydroxylation sites is 1. The van der Waals surface area contributed by atoms with Crippen molar-refractivity contribution in [2.75, 3.05) is 45.8 Å². The van der Waals surface area contributed by atoms with Gasteiger partial charge in [0.2, 0.25) is 0 Å². The van der Waals surface area contributed by atoms with Gasteiger partial charge in [-0.25, -0.2) is 0 Å². The zero-order valence-electron chi connectivity index (χ0n) is 21.5. The fourth-order valence-corrected chi connectivity index (χ4v) is 5.52. The Kier molecular flexibility index (Phi) is 8.70. The molecular weight excluding hydrogens is 448 g/mol. The van der Waals surface area contributed by atoms with Crippen LogP contribution in [0.3, 0.4) is 0 Å². The molecule has 6 heteroatoms. The predicted octanol–water partition coefficient (Wildman–Crippen LogP) is 4.86. The van der Waals surface area contributed by atoms with E-state index in [1.54, 1.807) is 0 Å². The third-order valence-corrected chi connectivity index (χ3v) is 7.58. The Balaban J connectivity index is 1.35. The summed E-state index contributed by atoms with van der Waals surface area (Å²) in [6, 6.07) is 18.0. The van der Waals surface area contributed by atoms with Crippen LogP contribution in [0.2, 0.25) is 0 Å². The van der Waals surface area contributed by atoms with Crippen LogP contribution in [0.4, 0.5) is 0 Å². The monoisotopic (exact) mass is 488 g/mol. The summed E-state index contributed by atoms with van der Waals surface area (Å²) in [4.78, 5) is 18.7. The lowest BCUT2D eigenvalue weighted by Crippen LogP contribution is -2.37. The first kappa shape index (κ1) is 25.0. The Morgan fingerprint density at radius 3 is 2.14 bits per heavy atom. The number of hydrogen-bond donors (Lipinski definition) is 1. The second-order valence-electron chi connectivity index (χ2n) is 10.2. The van der Waals surface area contributed by atoms with Crippen molar-refractivity contribution in [3.63, 3.8) is 0 Å². The number of likely N-dealkylation sites (tertiary alicyclic amines) is 2. The Morgan fingerprint density at radius 1 is 0.722 bits per heavy atom. The van der Waals surface area contributed by atoms with Gasteiger partial charge in [-0.2, -0.15) is 0 Å². The van der Waals surface area contributed by atoms with E-state index in [9.17, 15) is 4.79 Å². The molecule has 1 aromatic heterocycles. The minimum Gasteiger partial charge on any atom is -0.457 e. The summed E-state index contributed by atoms with van der Waals surface area (Å²) in [6.07, 6.45) is 7.80. The van der Waals surface area contributed by atoms with Gasteiger partial charge in [-0.3, -0.25) is 4.79 Å². The number of aromatic nitrogens is 1. The van der Waals surface area contributed by atoms with E-state index < -0.39 is 0 Å². The molecule has 192 valence electrons. The summed E-state index contributed by atoms with van der Waals surface area (Å²) in [7, 11) is 0. The van der Waals surface area contributed by atoms with Gasteiger partial charge in [-0.1, -0.05) is 31.0 Å². The van der Waals surface area contributed by atoms with E-state index in [4.69, 9.17) is 4.74 Å². The first-order chi connectivity index (χ1) is 17.8. The molecule has 3 aromatic rings. The summed E-state index contributed by atoms with van der Waals surface area (Å²) in [6.45, 7) is 8.85. The molecule has 6 nitrogen and oxygen atoms in total. The first-order valence-corrected chi connectivity index (χ1v) is 13.8. The van der Waals surface area contributed by atoms with Crippen LogP contribution in [0.15, 0.2) is 59.4 Å². The van der Waals surface area contributed by atoms with Gasteiger partial charge >= 0.3 is 0 Å². The van der Waals surface area contributed by atoms with Gasteiger partial charge in [-0.15, -0.1) is 0 Å². The number of piperidine rings is 2. The number of nitrogens with one attached hydrogen (secondary N) is 1. The Morgan fingerprint density at radius 2 is 1.42 bits per heavy atom. The number of rotatable bonds is 10. The molecule has 2 aliphatic heterocycles. The number of pyridine rings is 1. The van der Waals surface area contributed by atoms with Gasteiger partial charge in [0.05, 0.1) is 5.52 Å². The maximum Gasteiger partial charge on any atom is 0.255 e. The molecule has 0 bridgehead atoms. The molecule has 0 saturated carbocycles. The molecule has 3 heterocycles. The summed E-state index contributed by atoms with van der Waals surface area (Å²) in [5, 5.41) is 4.63. The van der Waals surface area contributed by atoms with Crippen LogP contribution in [-0.4, -0.2) is 60.2 Å². The van der Waals surface area contributed by atoms with Crippen molar-refractivity contribution in [3.8, 4) is 11.5 Å². The van der Waals surface area contributed by atoms with Crippen molar-refractivity contribution >= 4 is 10.9 Å². The highest BCUT2D eigenvalue weighted by molar-refractivity contribution is 5.81. The smallest absolute Gasteiger partial charge is 0.255 e. The van der Waals surface area contributed by atoms with Crippen molar-refractivity contribution < 1.29 is 4.74 Å². The number of fused-ring (bicyclic) bond motifs is 1. The highest BCUT2D eigenvalue weighted by atomic mass is 16.5. The zero-order chi connectivity index (χ0) is 24.6. The van der Waals surface area contributed by atoms with Gasteiger partial charge in [0.1, 0.15) is 11.5 Å². The molecule has 0 radical (unpaired) electrons. The summed E-state index contributed by atoms with van der Waals surface area (Å²) in [5.74, 6) is 1.56. The van der Waals surface area contributed by atoms with Gasteiger partial charge in [0.15, 0.2) is 0 Å².